The molecule has 0 aromatic carbocycles. The molecule has 0 saturated heterocycles. The first kappa shape index (κ1) is 28.5. The van der Waals surface area contributed by atoms with E-state index in [2.05, 4.69) is 69.2 Å². The first-order valence-corrected chi connectivity index (χ1v) is 12.9. The Morgan fingerprint density at radius 2 is 1.71 bits per heavy atom. The summed E-state index contributed by atoms with van der Waals surface area (Å²) < 4.78 is 2.40. The number of aryl methyl sites for hydroxylation is 1. The predicted octanol–water partition coefficient (Wildman–Crippen LogP) is 4.34. The Hall–Kier alpha value is -0.550. The second-order valence-corrected chi connectivity index (χ2v) is 9.49. The molecule has 1 fully saturated rings. The molecule has 1 aliphatic rings. The molecule has 0 atom stereocenters. The molecule has 0 amide bonds. The molecule has 9 heteroatoms. The standard InChI is InChI=1S/C22H43N7S.HI/c1-17(2)28(18(3)4)16-10-15-25-21(23-5)24-14-9-13-20-26-27-22(30-6)29(20)19-11-7-8-12-19;/h17-19H,7-16H2,1-6H3,(H2,23,24,25);1H. The van der Waals surface area contributed by atoms with E-state index in [1.165, 1.54) is 25.7 Å². The molecular weight excluding hydrogens is 521 g/mol. The van der Waals surface area contributed by atoms with Gasteiger partial charge in [-0.2, -0.15) is 0 Å². The van der Waals surface area contributed by atoms with Gasteiger partial charge >= 0.3 is 0 Å². The molecule has 1 heterocycles. The third-order valence-electron chi connectivity index (χ3n) is 5.91. The average molecular weight is 566 g/mol. The molecule has 1 aliphatic carbocycles. The van der Waals surface area contributed by atoms with Gasteiger partial charge in [0.2, 0.25) is 0 Å². The number of hydrogen-bond acceptors (Lipinski definition) is 5. The van der Waals surface area contributed by atoms with Gasteiger partial charge in [0.1, 0.15) is 5.82 Å². The van der Waals surface area contributed by atoms with Crippen molar-refractivity contribution >= 4 is 41.7 Å². The fraction of sp³-hybridized carbons (Fsp3) is 0.864. The summed E-state index contributed by atoms with van der Waals surface area (Å²) in [5.74, 6) is 2.02. The summed E-state index contributed by atoms with van der Waals surface area (Å²) in [4.78, 5) is 6.89. The Bertz CT molecular complexity index is 634. The minimum Gasteiger partial charge on any atom is -0.356 e. The zero-order chi connectivity index (χ0) is 21.9. The van der Waals surface area contributed by atoms with E-state index in [4.69, 9.17) is 0 Å². The highest BCUT2D eigenvalue weighted by Crippen LogP contribution is 2.33. The van der Waals surface area contributed by atoms with Gasteiger partial charge in [-0.25, -0.2) is 0 Å². The minimum absolute atomic E-state index is 0. The molecule has 180 valence electrons. The lowest BCUT2D eigenvalue weighted by Crippen LogP contribution is -2.41. The number of nitrogens with zero attached hydrogens (tertiary/aromatic N) is 5. The van der Waals surface area contributed by atoms with E-state index in [-0.39, 0.29) is 24.0 Å². The SMILES string of the molecule is CN=C(NCCCc1nnc(SC)n1C1CCCC1)NCCCN(C(C)C)C(C)C.I. The van der Waals surface area contributed by atoms with E-state index in [0.717, 1.165) is 55.8 Å². The molecule has 2 N–H and O–H groups in total. The molecule has 0 radical (unpaired) electrons. The van der Waals surface area contributed by atoms with Gasteiger partial charge in [-0.1, -0.05) is 24.6 Å². The summed E-state index contributed by atoms with van der Waals surface area (Å²) in [7, 11) is 1.84. The molecular formula is C22H44IN7S. The van der Waals surface area contributed by atoms with E-state index >= 15 is 0 Å². The average Bonchev–Trinajstić information content (AvgIpc) is 3.37. The molecule has 2 rings (SSSR count). The van der Waals surface area contributed by atoms with Gasteiger partial charge in [-0.05, 0) is 59.6 Å². The number of halogens is 1. The van der Waals surface area contributed by atoms with Crippen LogP contribution < -0.4 is 10.6 Å². The molecule has 7 nitrogen and oxygen atoms in total. The highest BCUT2D eigenvalue weighted by molar-refractivity contribution is 14.0. The van der Waals surface area contributed by atoms with Gasteiger partial charge in [0.05, 0.1) is 0 Å². The van der Waals surface area contributed by atoms with Gasteiger partial charge < -0.3 is 15.2 Å². The first-order valence-electron chi connectivity index (χ1n) is 11.7. The van der Waals surface area contributed by atoms with Gasteiger partial charge in [-0.15, -0.1) is 34.2 Å². The van der Waals surface area contributed by atoms with Crippen molar-refractivity contribution in [1.29, 1.82) is 0 Å². The summed E-state index contributed by atoms with van der Waals surface area (Å²) in [6, 6.07) is 1.76. The maximum Gasteiger partial charge on any atom is 0.191 e. The fourth-order valence-electron chi connectivity index (χ4n) is 4.40. The summed E-state index contributed by atoms with van der Waals surface area (Å²) in [6.07, 6.45) is 10.4. The van der Waals surface area contributed by atoms with Crippen LogP contribution in [0.2, 0.25) is 0 Å². The van der Waals surface area contributed by atoms with E-state index in [9.17, 15) is 0 Å². The summed E-state index contributed by atoms with van der Waals surface area (Å²) >= 11 is 1.71. The van der Waals surface area contributed by atoms with Crippen LogP contribution in [-0.4, -0.2) is 70.6 Å². The maximum atomic E-state index is 4.49. The lowest BCUT2D eigenvalue weighted by molar-refractivity contribution is 0.173. The van der Waals surface area contributed by atoms with E-state index in [0.29, 0.717) is 18.1 Å². The van der Waals surface area contributed by atoms with Crippen LogP contribution >= 0.6 is 35.7 Å². The van der Waals surface area contributed by atoms with E-state index in [1.54, 1.807) is 11.8 Å². The predicted molar refractivity (Wildman–Crippen MR) is 144 cm³/mol. The Balaban J connectivity index is 0.00000480. The molecule has 31 heavy (non-hydrogen) atoms. The largest absolute Gasteiger partial charge is 0.356 e. The quantitative estimate of drug-likeness (QED) is 0.129. The highest BCUT2D eigenvalue weighted by atomic mass is 127. The zero-order valence-corrected chi connectivity index (χ0v) is 23.5. The third kappa shape index (κ3) is 9.07. The van der Waals surface area contributed by atoms with Crippen LogP contribution in [0.5, 0.6) is 0 Å². The monoisotopic (exact) mass is 565 g/mol. The van der Waals surface area contributed by atoms with Crippen molar-refractivity contribution in [2.45, 2.75) is 95.9 Å². The zero-order valence-electron chi connectivity index (χ0n) is 20.4. The van der Waals surface area contributed by atoms with Gasteiger partial charge in [0.25, 0.3) is 0 Å². The van der Waals surface area contributed by atoms with Crippen LogP contribution in [-0.2, 0) is 6.42 Å². The van der Waals surface area contributed by atoms with E-state index < -0.39 is 0 Å². The van der Waals surface area contributed by atoms with Crippen LogP contribution in [0.3, 0.4) is 0 Å². The smallest absolute Gasteiger partial charge is 0.191 e. The molecule has 0 bridgehead atoms. The first-order chi connectivity index (χ1) is 14.5. The lowest BCUT2D eigenvalue weighted by Gasteiger charge is -2.30. The normalized spacial score (nSPS) is 15.2. The second-order valence-electron chi connectivity index (χ2n) is 8.72. The number of nitrogens with one attached hydrogen (secondary N) is 2. The number of aliphatic imine (C=N–C) groups is 1. The summed E-state index contributed by atoms with van der Waals surface area (Å²) in [6.45, 7) is 12.0. The Morgan fingerprint density at radius 1 is 1.10 bits per heavy atom. The van der Waals surface area contributed by atoms with Crippen molar-refractivity contribution in [1.82, 2.24) is 30.3 Å². The fourth-order valence-corrected chi connectivity index (χ4v) is 4.97. The van der Waals surface area contributed by atoms with Crippen molar-refractivity contribution < 1.29 is 0 Å². The van der Waals surface area contributed by atoms with Gasteiger partial charge in [0, 0.05) is 51.2 Å². The molecule has 1 aromatic rings. The molecule has 0 unspecified atom stereocenters. The maximum absolute atomic E-state index is 4.49. The molecule has 1 aromatic heterocycles. The summed E-state index contributed by atoms with van der Waals surface area (Å²) in [5.41, 5.74) is 0. The Morgan fingerprint density at radius 3 is 2.26 bits per heavy atom. The number of hydrogen-bond donors (Lipinski definition) is 2. The molecule has 0 aliphatic heterocycles. The number of guanidine groups is 1. The van der Waals surface area contributed by atoms with Crippen molar-refractivity contribution in [3.63, 3.8) is 0 Å². The van der Waals surface area contributed by atoms with Crippen LogP contribution in [0.1, 0.15) is 78.1 Å². The highest BCUT2D eigenvalue weighted by Gasteiger charge is 2.23. The topological polar surface area (TPSA) is 70.4 Å². The number of rotatable bonds is 12. The van der Waals surface area contributed by atoms with Crippen molar-refractivity contribution in [3.05, 3.63) is 5.82 Å². The molecule has 1 saturated carbocycles. The van der Waals surface area contributed by atoms with Gasteiger partial charge in [-0.3, -0.25) is 9.89 Å². The van der Waals surface area contributed by atoms with Crippen molar-refractivity contribution in [2.24, 2.45) is 4.99 Å². The van der Waals surface area contributed by atoms with Crippen LogP contribution in [0.15, 0.2) is 10.1 Å². The minimum atomic E-state index is 0. The molecule has 0 spiro atoms. The van der Waals surface area contributed by atoms with Gasteiger partial charge in [0.15, 0.2) is 11.1 Å². The van der Waals surface area contributed by atoms with Crippen LogP contribution in [0.25, 0.3) is 0 Å². The second kappa shape index (κ2) is 15.3. The van der Waals surface area contributed by atoms with Crippen molar-refractivity contribution in [3.8, 4) is 0 Å². The lowest BCUT2D eigenvalue weighted by atomic mass is 10.2. The Kier molecular flexibility index (Phi) is 14.1. The van der Waals surface area contributed by atoms with Crippen LogP contribution in [0, 0.1) is 0 Å². The summed E-state index contributed by atoms with van der Waals surface area (Å²) in [5, 5.41) is 16.9. The Labute approximate surface area is 211 Å². The van der Waals surface area contributed by atoms with Crippen LogP contribution in [0.4, 0.5) is 0 Å². The number of thioether (sulfide) groups is 1. The third-order valence-corrected chi connectivity index (χ3v) is 6.56. The van der Waals surface area contributed by atoms with Crippen molar-refractivity contribution in [2.75, 3.05) is 32.9 Å². The van der Waals surface area contributed by atoms with E-state index in [1.807, 2.05) is 7.05 Å². The number of aromatic nitrogens is 3.